The van der Waals surface area contributed by atoms with Crippen LogP contribution in [0.1, 0.15) is 30.2 Å². The van der Waals surface area contributed by atoms with Crippen molar-refractivity contribution in [3.05, 3.63) is 23.8 Å². The third-order valence-corrected chi connectivity index (χ3v) is 2.05. The lowest BCUT2D eigenvalue weighted by Gasteiger charge is -2.04. The fourth-order valence-corrected chi connectivity index (χ4v) is 1.33. The Balaban J connectivity index is 2.40. The smallest absolute Gasteiger partial charge is 0.291 e. The molecule has 0 aliphatic carbocycles. The summed E-state index contributed by atoms with van der Waals surface area (Å²) < 4.78 is 1.55. The zero-order chi connectivity index (χ0) is 11.7. The third kappa shape index (κ3) is 1.86. The van der Waals surface area contributed by atoms with Gasteiger partial charge in [-0.2, -0.15) is 4.98 Å². The number of amides is 1. The van der Waals surface area contributed by atoms with E-state index in [1.165, 1.54) is 0 Å². The molecule has 0 saturated carbocycles. The molecule has 0 unspecified atom stereocenters. The molecule has 0 saturated heterocycles. The van der Waals surface area contributed by atoms with Crippen molar-refractivity contribution >= 4 is 11.7 Å². The van der Waals surface area contributed by atoms with Crippen LogP contribution in [-0.2, 0) is 0 Å². The van der Waals surface area contributed by atoms with E-state index in [0.29, 0.717) is 5.78 Å². The average Bonchev–Trinajstić information content (AvgIpc) is 2.61. The van der Waals surface area contributed by atoms with Crippen LogP contribution < -0.4 is 5.32 Å². The Kier molecular flexibility index (Phi) is 2.55. The van der Waals surface area contributed by atoms with E-state index in [1.54, 1.807) is 10.7 Å². The molecule has 16 heavy (non-hydrogen) atoms. The molecule has 6 heteroatoms. The zero-order valence-electron chi connectivity index (χ0n) is 9.43. The molecule has 84 valence electrons. The monoisotopic (exact) mass is 219 g/mol. The molecule has 1 amide bonds. The number of fused-ring (bicyclic) bond motifs is 1. The van der Waals surface area contributed by atoms with E-state index in [2.05, 4.69) is 20.4 Å². The van der Waals surface area contributed by atoms with Crippen molar-refractivity contribution in [1.29, 1.82) is 0 Å². The zero-order valence-corrected chi connectivity index (χ0v) is 9.43. The summed E-state index contributed by atoms with van der Waals surface area (Å²) in [4.78, 5) is 19.7. The minimum absolute atomic E-state index is 0.0631. The Morgan fingerprint density at radius 3 is 2.88 bits per heavy atom. The molecule has 0 spiro atoms. The predicted octanol–water partition coefficient (Wildman–Crippen LogP) is 0.571. The maximum absolute atomic E-state index is 11.7. The van der Waals surface area contributed by atoms with Gasteiger partial charge in [-0.15, -0.1) is 5.10 Å². The van der Waals surface area contributed by atoms with Gasteiger partial charge in [0.05, 0.1) is 0 Å². The van der Waals surface area contributed by atoms with Crippen LogP contribution in [0.15, 0.2) is 12.3 Å². The van der Waals surface area contributed by atoms with E-state index < -0.39 is 0 Å². The van der Waals surface area contributed by atoms with E-state index in [1.807, 2.05) is 26.8 Å². The molecule has 0 aliphatic rings. The Morgan fingerprint density at radius 1 is 1.50 bits per heavy atom. The quantitative estimate of drug-likeness (QED) is 0.801. The maximum Gasteiger partial charge on any atom is 0.291 e. The highest BCUT2D eigenvalue weighted by molar-refractivity contribution is 5.90. The van der Waals surface area contributed by atoms with E-state index in [4.69, 9.17) is 0 Å². The molecule has 0 atom stereocenters. The lowest BCUT2D eigenvalue weighted by molar-refractivity contribution is 0.0933. The molecule has 2 rings (SSSR count). The maximum atomic E-state index is 11.7. The Morgan fingerprint density at radius 2 is 2.25 bits per heavy atom. The summed E-state index contributed by atoms with van der Waals surface area (Å²) in [7, 11) is 0. The summed E-state index contributed by atoms with van der Waals surface area (Å²) in [5.74, 6) is 0.310. The lowest BCUT2D eigenvalue weighted by atomic mass is 10.4. The second kappa shape index (κ2) is 3.88. The van der Waals surface area contributed by atoms with Gasteiger partial charge in [0.2, 0.25) is 5.82 Å². The van der Waals surface area contributed by atoms with Gasteiger partial charge in [-0.05, 0) is 26.8 Å². The molecular formula is C10H13N5O. The van der Waals surface area contributed by atoms with Crippen LogP contribution >= 0.6 is 0 Å². The summed E-state index contributed by atoms with van der Waals surface area (Å²) in [6.45, 7) is 5.65. The molecule has 0 fully saturated rings. The average molecular weight is 219 g/mol. The Hall–Kier alpha value is -1.98. The SMILES string of the molecule is Cc1ccnc2nc(C(=O)NC(C)C)nn12. The van der Waals surface area contributed by atoms with Crippen LogP contribution in [0.4, 0.5) is 0 Å². The van der Waals surface area contributed by atoms with Crippen molar-refractivity contribution in [2.75, 3.05) is 0 Å². The Labute approximate surface area is 92.7 Å². The number of aromatic nitrogens is 4. The summed E-state index contributed by atoms with van der Waals surface area (Å²) in [6, 6.07) is 1.87. The number of rotatable bonds is 2. The van der Waals surface area contributed by atoms with Crippen molar-refractivity contribution in [1.82, 2.24) is 24.9 Å². The summed E-state index contributed by atoms with van der Waals surface area (Å²) in [5.41, 5.74) is 0.890. The first-order chi connectivity index (χ1) is 7.58. The van der Waals surface area contributed by atoms with Crippen molar-refractivity contribution in [2.45, 2.75) is 26.8 Å². The fourth-order valence-electron chi connectivity index (χ4n) is 1.33. The number of hydrogen-bond acceptors (Lipinski definition) is 4. The third-order valence-electron chi connectivity index (χ3n) is 2.05. The molecule has 0 bridgehead atoms. The van der Waals surface area contributed by atoms with Gasteiger partial charge in [-0.25, -0.2) is 9.50 Å². The fraction of sp³-hybridized carbons (Fsp3) is 0.400. The number of nitrogens with zero attached hydrogens (tertiary/aromatic N) is 4. The van der Waals surface area contributed by atoms with Crippen LogP contribution in [0.5, 0.6) is 0 Å². The normalized spacial score (nSPS) is 11.0. The summed E-state index contributed by atoms with van der Waals surface area (Å²) in [6.07, 6.45) is 1.64. The van der Waals surface area contributed by atoms with Crippen LogP contribution in [0.25, 0.3) is 5.78 Å². The molecule has 0 radical (unpaired) electrons. The Bertz CT molecular complexity index is 531. The second-order valence-corrected chi connectivity index (χ2v) is 3.86. The number of hydrogen-bond donors (Lipinski definition) is 1. The topological polar surface area (TPSA) is 72.2 Å². The second-order valence-electron chi connectivity index (χ2n) is 3.86. The van der Waals surface area contributed by atoms with Gasteiger partial charge in [-0.1, -0.05) is 0 Å². The van der Waals surface area contributed by atoms with Gasteiger partial charge in [0, 0.05) is 17.9 Å². The van der Waals surface area contributed by atoms with Crippen LogP contribution in [0.3, 0.4) is 0 Å². The lowest BCUT2D eigenvalue weighted by Crippen LogP contribution is -2.31. The predicted molar refractivity (Wildman–Crippen MR) is 58.1 cm³/mol. The molecule has 2 heterocycles. The largest absolute Gasteiger partial charge is 0.347 e. The minimum atomic E-state index is -0.278. The summed E-state index contributed by atoms with van der Waals surface area (Å²) >= 11 is 0. The first-order valence-corrected chi connectivity index (χ1v) is 5.07. The number of carbonyl (C=O) groups is 1. The molecule has 6 nitrogen and oxygen atoms in total. The molecular weight excluding hydrogens is 206 g/mol. The first-order valence-electron chi connectivity index (χ1n) is 5.07. The van der Waals surface area contributed by atoms with Gasteiger partial charge >= 0.3 is 0 Å². The highest BCUT2D eigenvalue weighted by Gasteiger charge is 2.14. The van der Waals surface area contributed by atoms with Crippen molar-refractivity contribution in [2.24, 2.45) is 0 Å². The number of nitrogens with one attached hydrogen (secondary N) is 1. The van der Waals surface area contributed by atoms with Crippen LogP contribution in [0, 0.1) is 6.92 Å². The van der Waals surface area contributed by atoms with Gasteiger partial charge in [-0.3, -0.25) is 4.79 Å². The molecule has 1 N–H and O–H groups in total. The molecule has 2 aromatic rings. The van der Waals surface area contributed by atoms with Gasteiger partial charge in [0.25, 0.3) is 11.7 Å². The van der Waals surface area contributed by atoms with E-state index >= 15 is 0 Å². The van der Waals surface area contributed by atoms with Crippen molar-refractivity contribution < 1.29 is 4.79 Å². The highest BCUT2D eigenvalue weighted by Crippen LogP contribution is 2.01. The molecule has 0 aromatic carbocycles. The standard InChI is InChI=1S/C10H13N5O/c1-6(2)12-9(16)8-13-10-11-5-4-7(3)15(10)14-8/h4-6H,1-3H3,(H,12,16). The molecule has 0 aliphatic heterocycles. The van der Waals surface area contributed by atoms with E-state index in [9.17, 15) is 4.79 Å². The van der Waals surface area contributed by atoms with Crippen LogP contribution in [0.2, 0.25) is 0 Å². The first kappa shape index (κ1) is 10.5. The summed E-state index contributed by atoms with van der Waals surface area (Å²) in [5, 5.41) is 6.83. The van der Waals surface area contributed by atoms with E-state index in [-0.39, 0.29) is 17.8 Å². The number of aryl methyl sites for hydroxylation is 1. The highest BCUT2D eigenvalue weighted by atomic mass is 16.2. The van der Waals surface area contributed by atoms with Crippen molar-refractivity contribution in [3.63, 3.8) is 0 Å². The van der Waals surface area contributed by atoms with Crippen molar-refractivity contribution in [3.8, 4) is 0 Å². The van der Waals surface area contributed by atoms with Gasteiger partial charge < -0.3 is 5.32 Å². The number of carbonyl (C=O) groups excluding carboxylic acids is 1. The van der Waals surface area contributed by atoms with E-state index in [0.717, 1.165) is 5.69 Å². The molecule has 2 aromatic heterocycles. The van der Waals surface area contributed by atoms with Gasteiger partial charge in [0.1, 0.15) is 0 Å². The van der Waals surface area contributed by atoms with Gasteiger partial charge in [0.15, 0.2) is 0 Å². The minimum Gasteiger partial charge on any atom is -0.347 e. The van der Waals surface area contributed by atoms with Crippen LogP contribution in [-0.4, -0.2) is 31.5 Å².